The standard InChI is InChI=1S/C11H19N3/c1-4-12-7-10-5-6-11(13-8-10)9-14(2)3/h5-6,8,12H,4,7,9H2,1-3H3. The highest BCUT2D eigenvalue weighted by molar-refractivity contribution is 5.13. The van der Waals surface area contributed by atoms with Gasteiger partial charge < -0.3 is 10.2 Å². The summed E-state index contributed by atoms with van der Waals surface area (Å²) in [6.07, 6.45) is 1.95. The normalized spacial score (nSPS) is 10.9. The van der Waals surface area contributed by atoms with Gasteiger partial charge in [0.15, 0.2) is 0 Å². The summed E-state index contributed by atoms with van der Waals surface area (Å²) < 4.78 is 0. The summed E-state index contributed by atoms with van der Waals surface area (Å²) in [5.41, 5.74) is 2.37. The van der Waals surface area contributed by atoms with Crippen LogP contribution in [0.2, 0.25) is 0 Å². The highest BCUT2D eigenvalue weighted by Crippen LogP contribution is 2.01. The van der Waals surface area contributed by atoms with Crippen LogP contribution < -0.4 is 5.32 Å². The Morgan fingerprint density at radius 2 is 2.14 bits per heavy atom. The zero-order valence-corrected chi connectivity index (χ0v) is 9.25. The van der Waals surface area contributed by atoms with Crippen molar-refractivity contribution in [1.29, 1.82) is 0 Å². The third-order valence-electron chi connectivity index (χ3n) is 1.94. The molecule has 0 aliphatic carbocycles. The van der Waals surface area contributed by atoms with Crippen molar-refractivity contribution in [1.82, 2.24) is 15.2 Å². The Morgan fingerprint density at radius 1 is 1.36 bits per heavy atom. The van der Waals surface area contributed by atoms with Gasteiger partial charge in [-0.1, -0.05) is 13.0 Å². The molecule has 0 spiro atoms. The Balaban J connectivity index is 2.50. The maximum Gasteiger partial charge on any atom is 0.0543 e. The molecule has 0 atom stereocenters. The van der Waals surface area contributed by atoms with Crippen molar-refractivity contribution < 1.29 is 0 Å². The van der Waals surface area contributed by atoms with Gasteiger partial charge in [-0.3, -0.25) is 4.98 Å². The molecular formula is C11H19N3. The fraction of sp³-hybridized carbons (Fsp3) is 0.545. The quantitative estimate of drug-likeness (QED) is 0.763. The highest BCUT2D eigenvalue weighted by Gasteiger charge is 1.97. The predicted octanol–water partition coefficient (Wildman–Crippen LogP) is 1.25. The number of hydrogen-bond acceptors (Lipinski definition) is 3. The van der Waals surface area contributed by atoms with Crippen LogP contribution in [0.25, 0.3) is 0 Å². The molecule has 0 aliphatic heterocycles. The van der Waals surface area contributed by atoms with Gasteiger partial charge in [0.25, 0.3) is 0 Å². The van der Waals surface area contributed by atoms with Crippen molar-refractivity contribution in [3.8, 4) is 0 Å². The average molecular weight is 193 g/mol. The van der Waals surface area contributed by atoms with E-state index in [0.29, 0.717) is 0 Å². The van der Waals surface area contributed by atoms with Crippen molar-refractivity contribution in [2.75, 3.05) is 20.6 Å². The zero-order valence-electron chi connectivity index (χ0n) is 9.25. The average Bonchev–Trinajstić information content (AvgIpc) is 2.16. The van der Waals surface area contributed by atoms with Crippen LogP contribution in [0.4, 0.5) is 0 Å². The number of pyridine rings is 1. The molecule has 1 rings (SSSR count). The van der Waals surface area contributed by atoms with E-state index in [1.807, 2.05) is 20.3 Å². The summed E-state index contributed by atoms with van der Waals surface area (Å²) in [6, 6.07) is 4.22. The second-order valence-corrected chi connectivity index (χ2v) is 3.68. The third-order valence-corrected chi connectivity index (χ3v) is 1.94. The molecule has 1 heterocycles. The number of nitrogens with one attached hydrogen (secondary N) is 1. The monoisotopic (exact) mass is 193 g/mol. The molecule has 3 heteroatoms. The Morgan fingerprint density at radius 3 is 2.64 bits per heavy atom. The Bertz CT molecular complexity index is 254. The van der Waals surface area contributed by atoms with E-state index in [-0.39, 0.29) is 0 Å². The summed E-state index contributed by atoms with van der Waals surface area (Å²) in [5, 5.41) is 3.27. The molecule has 0 amide bonds. The summed E-state index contributed by atoms with van der Waals surface area (Å²) >= 11 is 0. The van der Waals surface area contributed by atoms with Gasteiger partial charge in [-0.15, -0.1) is 0 Å². The second kappa shape index (κ2) is 5.73. The number of aromatic nitrogens is 1. The van der Waals surface area contributed by atoms with Crippen molar-refractivity contribution >= 4 is 0 Å². The molecule has 0 saturated heterocycles. The van der Waals surface area contributed by atoms with Gasteiger partial charge >= 0.3 is 0 Å². The highest BCUT2D eigenvalue weighted by atomic mass is 15.1. The van der Waals surface area contributed by atoms with Gasteiger partial charge in [0.2, 0.25) is 0 Å². The molecule has 0 aliphatic rings. The van der Waals surface area contributed by atoms with Crippen LogP contribution in [0.5, 0.6) is 0 Å². The van der Waals surface area contributed by atoms with Gasteiger partial charge in [0, 0.05) is 19.3 Å². The minimum Gasteiger partial charge on any atom is -0.313 e. The lowest BCUT2D eigenvalue weighted by molar-refractivity contribution is 0.397. The van der Waals surface area contributed by atoms with Gasteiger partial charge in [0.05, 0.1) is 5.69 Å². The van der Waals surface area contributed by atoms with E-state index in [4.69, 9.17) is 0 Å². The molecule has 0 saturated carbocycles. The van der Waals surface area contributed by atoms with Crippen molar-refractivity contribution in [2.45, 2.75) is 20.0 Å². The molecule has 3 nitrogen and oxygen atoms in total. The molecule has 0 aromatic carbocycles. The minimum absolute atomic E-state index is 0.904. The largest absolute Gasteiger partial charge is 0.313 e. The maximum absolute atomic E-state index is 4.39. The van der Waals surface area contributed by atoms with Gasteiger partial charge in [-0.2, -0.15) is 0 Å². The van der Waals surface area contributed by atoms with Crippen LogP contribution in [0.1, 0.15) is 18.2 Å². The predicted molar refractivity (Wildman–Crippen MR) is 59.0 cm³/mol. The van der Waals surface area contributed by atoms with Crippen LogP contribution in [0.15, 0.2) is 18.3 Å². The van der Waals surface area contributed by atoms with Crippen LogP contribution in [-0.2, 0) is 13.1 Å². The summed E-state index contributed by atoms with van der Waals surface area (Å²) in [6.45, 7) is 4.92. The smallest absolute Gasteiger partial charge is 0.0543 e. The fourth-order valence-electron chi connectivity index (χ4n) is 1.25. The summed E-state index contributed by atoms with van der Waals surface area (Å²) in [4.78, 5) is 6.51. The minimum atomic E-state index is 0.904. The van der Waals surface area contributed by atoms with E-state index >= 15 is 0 Å². The molecule has 1 aromatic heterocycles. The lowest BCUT2D eigenvalue weighted by atomic mass is 10.2. The first kappa shape index (κ1) is 11.1. The van der Waals surface area contributed by atoms with Gasteiger partial charge in [-0.05, 0) is 32.3 Å². The van der Waals surface area contributed by atoms with Crippen LogP contribution in [0, 0.1) is 0 Å². The Kier molecular flexibility index (Phi) is 4.56. The topological polar surface area (TPSA) is 28.2 Å². The first-order chi connectivity index (χ1) is 6.72. The molecule has 78 valence electrons. The fourth-order valence-corrected chi connectivity index (χ4v) is 1.25. The third kappa shape index (κ3) is 3.85. The van der Waals surface area contributed by atoms with Crippen LogP contribution in [0.3, 0.4) is 0 Å². The molecule has 0 fully saturated rings. The zero-order chi connectivity index (χ0) is 10.4. The van der Waals surface area contributed by atoms with Crippen molar-refractivity contribution in [2.24, 2.45) is 0 Å². The Hall–Kier alpha value is -0.930. The first-order valence-electron chi connectivity index (χ1n) is 5.01. The lowest BCUT2D eigenvalue weighted by Crippen LogP contribution is -2.14. The molecule has 0 unspecified atom stereocenters. The van der Waals surface area contributed by atoms with Crippen molar-refractivity contribution in [3.05, 3.63) is 29.6 Å². The second-order valence-electron chi connectivity index (χ2n) is 3.68. The van der Waals surface area contributed by atoms with E-state index in [9.17, 15) is 0 Å². The SMILES string of the molecule is CCNCc1ccc(CN(C)C)nc1. The molecule has 1 aromatic rings. The van der Waals surface area contributed by atoms with E-state index in [1.165, 1.54) is 5.56 Å². The summed E-state index contributed by atoms with van der Waals surface area (Å²) in [7, 11) is 4.10. The molecule has 0 bridgehead atoms. The van der Waals surface area contributed by atoms with E-state index in [0.717, 1.165) is 25.3 Å². The number of nitrogens with zero attached hydrogens (tertiary/aromatic N) is 2. The van der Waals surface area contributed by atoms with Gasteiger partial charge in [-0.25, -0.2) is 0 Å². The molecule has 14 heavy (non-hydrogen) atoms. The maximum atomic E-state index is 4.39. The number of hydrogen-bond donors (Lipinski definition) is 1. The lowest BCUT2D eigenvalue weighted by Gasteiger charge is -2.09. The summed E-state index contributed by atoms with van der Waals surface area (Å²) in [5.74, 6) is 0. The Labute approximate surface area is 86.2 Å². The number of rotatable bonds is 5. The first-order valence-corrected chi connectivity index (χ1v) is 5.01. The van der Waals surface area contributed by atoms with Crippen molar-refractivity contribution in [3.63, 3.8) is 0 Å². The van der Waals surface area contributed by atoms with Gasteiger partial charge in [0.1, 0.15) is 0 Å². The molecule has 0 radical (unpaired) electrons. The van der Waals surface area contributed by atoms with E-state index < -0.39 is 0 Å². The van der Waals surface area contributed by atoms with E-state index in [2.05, 4.69) is 34.3 Å². The molecular weight excluding hydrogens is 174 g/mol. The van der Waals surface area contributed by atoms with Crippen LogP contribution >= 0.6 is 0 Å². The van der Waals surface area contributed by atoms with E-state index in [1.54, 1.807) is 0 Å². The van der Waals surface area contributed by atoms with Crippen LogP contribution in [-0.4, -0.2) is 30.5 Å². The molecule has 1 N–H and O–H groups in total.